The largest absolute Gasteiger partial charge is 0.376 e. The van der Waals surface area contributed by atoms with Gasteiger partial charge in [0.05, 0.1) is 16.5 Å². The molecule has 0 aliphatic heterocycles. The molecule has 96 valence electrons. The van der Waals surface area contributed by atoms with E-state index in [1.54, 1.807) is 11.3 Å². The number of hydrogen-bond donors (Lipinski definition) is 1. The normalized spacial score (nSPS) is 19.2. The Morgan fingerprint density at radius 3 is 2.71 bits per heavy atom. The molecular weight excluding hydrogens is 254 g/mol. The van der Waals surface area contributed by atoms with Gasteiger partial charge in [0.25, 0.3) is 0 Å². The molecule has 0 saturated heterocycles. The summed E-state index contributed by atoms with van der Waals surface area (Å²) in [5.74, 6) is 0.722. The van der Waals surface area contributed by atoms with Crippen molar-refractivity contribution in [3.63, 3.8) is 0 Å². The van der Waals surface area contributed by atoms with Gasteiger partial charge in [-0.3, -0.25) is 0 Å². The van der Waals surface area contributed by atoms with Gasteiger partial charge in [-0.15, -0.1) is 11.3 Å². The van der Waals surface area contributed by atoms with Crippen molar-refractivity contribution in [1.29, 1.82) is 0 Å². The van der Waals surface area contributed by atoms with Crippen LogP contribution in [0.25, 0.3) is 0 Å². The molecule has 1 heterocycles. The fourth-order valence-corrected chi connectivity index (χ4v) is 3.39. The van der Waals surface area contributed by atoms with Crippen LogP contribution in [0.15, 0.2) is 12.1 Å². The first-order valence-corrected chi connectivity index (χ1v) is 7.56. The second kappa shape index (κ2) is 6.19. The van der Waals surface area contributed by atoms with E-state index >= 15 is 0 Å². The van der Waals surface area contributed by atoms with E-state index in [9.17, 15) is 0 Å². The van der Waals surface area contributed by atoms with Gasteiger partial charge in [-0.05, 0) is 44.4 Å². The summed E-state index contributed by atoms with van der Waals surface area (Å²) in [6.45, 7) is 5.94. The van der Waals surface area contributed by atoms with Gasteiger partial charge in [-0.2, -0.15) is 0 Å². The lowest BCUT2D eigenvalue weighted by Gasteiger charge is -2.27. The molecule has 2 atom stereocenters. The van der Waals surface area contributed by atoms with Crippen molar-refractivity contribution in [3.05, 3.63) is 21.3 Å². The van der Waals surface area contributed by atoms with Crippen molar-refractivity contribution in [2.45, 2.75) is 38.8 Å². The predicted molar refractivity (Wildman–Crippen MR) is 73.9 cm³/mol. The molecule has 0 radical (unpaired) electrons. The summed E-state index contributed by atoms with van der Waals surface area (Å²) in [6.07, 6.45) is 2.90. The number of thiophene rings is 1. The lowest BCUT2D eigenvalue weighted by atomic mass is 10.0. The number of halogens is 1. The summed E-state index contributed by atoms with van der Waals surface area (Å²) >= 11 is 7.69. The molecule has 0 bridgehead atoms. The maximum atomic E-state index is 6.03. The van der Waals surface area contributed by atoms with Crippen molar-refractivity contribution in [1.82, 2.24) is 5.32 Å². The fourth-order valence-electron chi connectivity index (χ4n) is 2.22. The first-order chi connectivity index (χ1) is 8.26. The fraction of sp³-hybridized carbons (Fsp3) is 0.692. The Labute approximate surface area is 112 Å². The molecule has 0 aromatic carbocycles. The van der Waals surface area contributed by atoms with E-state index in [0.717, 1.165) is 23.4 Å². The Bertz CT molecular complexity index is 351. The number of hydrogen-bond acceptors (Lipinski definition) is 3. The summed E-state index contributed by atoms with van der Waals surface area (Å²) in [4.78, 5) is 1.29. The summed E-state index contributed by atoms with van der Waals surface area (Å²) in [7, 11) is 0. The third kappa shape index (κ3) is 3.44. The van der Waals surface area contributed by atoms with Gasteiger partial charge in [0.2, 0.25) is 0 Å². The van der Waals surface area contributed by atoms with E-state index in [1.807, 2.05) is 6.07 Å². The van der Waals surface area contributed by atoms with Crippen LogP contribution in [0, 0.1) is 5.92 Å². The van der Waals surface area contributed by atoms with Crippen LogP contribution in [0.4, 0.5) is 0 Å². The van der Waals surface area contributed by atoms with E-state index in [1.165, 1.54) is 17.7 Å². The zero-order chi connectivity index (χ0) is 12.3. The maximum Gasteiger partial charge on any atom is 0.0931 e. The van der Waals surface area contributed by atoms with Crippen LogP contribution in [0.2, 0.25) is 4.34 Å². The minimum atomic E-state index is 0.296. The minimum absolute atomic E-state index is 0.296. The van der Waals surface area contributed by atoms with E-state index in [2.05, 4.69) is 25.2 Å². The van der Waals surface area contributed by atoms with Crippen molar-refractivity contribution in [2.75, 3.05) is 13.2 Å². The highest BCUT2D eigenvalue weighted by Crippen LogP contribution is 2.41. The SMILES string of the molecule is CCNC(c1ccc(Cl)s1)C(OCC)C1CC1. The molecule has 17 heavy (non-hydrogen) atoms. The third-order valence-electron chi connectivity index (χ3n) is 3.10. The van der Waals surface area contributed by atoms with Gasteiger partial charge in [-0.1, -0.05) is 18.5 Å². The lowest BCUT2D eigenvalue weighted by Crippen LogP contribution is -2.34. The molecule has 2 rings (SSSR count). The zero-order valence-electron chi connectivity index (χ0n) is 10.4. The van der Waals surface area contributed by atoms with Crippen molar-refractivity contribution in [2.24, 2.45) is 5.92 Å². The van der Waals surface area contributed by atoms with Crippen LogP contribution in [-0.4, -0.2) is 19.3 Å². The number of likely N-dealkylation sites (N-methyl/N-ethyl adjacent to an activating group) is 1. The molecule has 1 N–H and O–H groups in total. The van der Waals surface area contributed by atoms with Crippen LogP contribution >= 0.6 is 22.9 Å². The Kier molecular flexibility index (Phi) is 4.86. The Balaban J connectivity index is 2.13. The number of ether oxygens (including phenoxy) is 1. The molecule has 1 aliphatic rings. The van der Waals surface area contributed by atoms with Crippen LogP contribution in [-0.2, 0) is 4.74 Å². The standard InChI is InChI=1S/C13H20ClNOS/c1-3-15-12(10-7-8-11(14)17-10)13(16-4-2)9-5-6-9/h7-9,12-13,15H,3-6H2,1-2H3. The quantitative estimate of drug-likeness (QED) is 0.814. The molecular formula is C13H20ClNOS. The highest BCUT2D eigenvalue weighted by atomic mass is 35.5. The van der Waals surface area contributed by atoms with E-state index in [0.29, 0.717) is 12.1 Å². The first kappa shape index (κ1) is 13.3. The summed E-state index contributed by atoms with van der Waals surface area (Å²) in [5, 5.41) is 3.55. The second-order valence-corrected chi connectivity index (χ2v) is 6.18. The van der Waals surface area contributed by atoms with Crippen molar-refractivity contribution < 1.29 is 4.74 Å². The minimum Gasteiger partial charge on any atom is -0.376 e. The Morgan fingerprint density at radius 1 is 1.47 bits per heavy atom. The zero-order valence-corrected chi connectivity index (χ0v) is 12.0. The molecule has 0 spiro atoms. The summed E-state index contributed by atoms with van der Waals surface area (Å²) in [6, 6.07) is 4.39. The van der Waals surface area contributed by atoms with Crippen LogP contribution in [0.5, 0.6) is 0 Å². The first-order valence-electron chi connectivity index (χ1n) is 6.36. The number of nitrogens with one attached hydrogen (secondary N) is 1. The maximum absolute atomic E-state index is 6.03. The van der Waals surface area contributed by atoms with Crippen molar-refractivity contribution in [3.8, 4) is 0 Å². The van der Waals surface area contributed by atoms with Gasteiger partial charge in [0, 0.05) is 11.5 Å². The van der Waals surface area contributed by atoms with Gasteiger partial charge in [0.1, 0.15) is 0 Å². The third-order valence-corrected chi connectivity index (χ3v) is 4.41. The van der Waals surface area contributed by atoms with E-state index < -0.39 is 0 Å². The molecule has 2 nitrogen and oxygen atoms in total. The average molecular weight is 274 g/mol. The average Bonchev–Trinajstić information content (AvgIpc) is 3.06. The highest BCUT2D eigenvalue weighted by Gasteiger charge is 2.38. The summed E-state index contributed by atoms with van der Waals surface area (Å²) in [5.41, 5.74) is 0. The number of rotatable bonds is 7. The van der Waals surface area contributed by atoms with Crippen molar-refractivity contribution >= 4 is 22.9 Å². The molecule has 1 aromatic rings. The lowest BCUT2D eigenvalue weighted by molar-refractivity contribution is 0.0198. The van der Waals surface area contributed by atoms with Gasteiger partial charge < -0.3 is 10.1 Å². The van der Waals surface area contributed by atoms with Gasteiger partial charge in [0.15, 0.2) is 0 Å². The molecule has 1 saturated carbocycles. The topological polar surface area (TPSA) is 21.3 Å². The van der Waals surface area contributed by atoms with Crippen LogP contribution in [0.3, 0.4) is 0 Å². The Hall–Kier alpha value is -0.0900. The predicted octanol–water partition coefficient (Wildman–Crippen LogP) is 3.87. The van der Waals surface area contributed by atoms with Gasteiger partial charge >= 0.3 is 0 Å². The Morgan fingerprint density at radius 2 is 2.24 bits per heavy atom. The van der Waals surface area contributed by atoms with Crippen LogP contribution in [0.1, 0.15) is 37.6 Å². The molecule has 2 unspecified atom stereocenters. The molecule has 1 aromatic heterocycles. The van der Waals surface area contributed by atoms with Crippen LogP contribution < -0.4 is 5.32 Å². The smallest absolute Gasteiger partial charge is 0.0931 e. The monoisotopic (exact) mass is 273 g/mol. The molecule has 1 aliphatic carbocycles. The molecule has 4 heteroatoms. The van der Waals surface area contributed by atoms with E-state index in [4.69, 9.17) is 16.3 Å². The molecule has 1 fully saturated rings. The second-order valence-electron chi connectivity index (χ2n) is 4.43. The molecule has 0 amide bonds. The van der Waals surface area contributed by atoms with E-state index in [-0.39, 0.29) is 0 Å². The summed E-state index contributed by atoms with van der Waals surface area (Å²) < 4.78 is 6.80. The highest BCUT2D eigenvalue weighted by molar-refractivity contribution is 7.16. The van der Waals surface area contributed by atoms with Gasteiger partial charge in [-0.25, -0.2) is 0 Å².